The van der Waals surface area contributed by atoms with E-state index in [0.717, 1.165) is 26.2 Å². The zero-order chi connectivity index (χ0) is 26.0. The molecule has 2 heterocycles. The van der Waals surface area contributed by atoms with E-state index in [1.54, 1.807) is 6.92 Å². The molecule has 3 N–H and O–H groups in total. The van der Waals surface area contributed by atoms with Crippen molar-refractivity contribution in [3.8, 4) is 6.07 Å². The Labute approximate surface area is 216 Å². The second-order valence-corrected chi connectivity index (χ2v) is 10.9. The fraction of sp³-hybridized carbons (Fsp3) is 0.846. The molecule has 2 amide bonds. The van der Waals surface area contributed by atoms with Crippen LogP contribution in [0.1, 0.15) is 65.7 Å². The fourth-order valence-corrected chi connectivity index (χ4v) is 5.50. The van der Waals surface area contributed by atoms with Gasteiger partial charge in [-0.25, -0.2) is 4.79 Å². The van der Waals surface area contributed by atoms with Crippen LogP contribution in [0.5, 0.6) is 0 Å². The molecule has 0 aromatic heterocycles. The number of likely N-dealkylation sites (tertiary alicyclic amines) is 1. The summed E-state index contributed by atoms with van der Waals surface area (Å²) < 4.78 is 5.04. The number of nitrogens with zero attached hydrogens (tertiary/aromatic N) is 4. The average Bonchev–Trinajstić information content (AvgIpc) is 3.26. The van der Waals surface area contributed by atoms with Crippen LogP contribution >= 0.6 is 0 Å². The second kappa shape index (κ2) is 13.8. The van der Waals surface area contributed by atoms with E-state index in [-0.39, 0.29) is 18.4 Å². The van der Waals surface area contributed by atoms with E-state index in [1.165, 1.54) is 32.1 Å². The van der Waals surface area contributed by atoms with Gasteiger partial charge in [-0.05, 0) is 44.4 Å². The van der Waals surface area contributed by atoms with Crippen molar-refractivity contribution in [1.82, 2.24) is 25.8 Å². The van der Waals surface area contributed by atoms with Crippen molar-refractivity contribution in [1.29, 1.82) is 5.26 Å². The summed E-state index contributed by atoms with van der Waals surface area (Å²) in [6.45, 7) is 11.3. The van der Waals surface area contributed by atoms with Crippen molar-refractivity contribution in [3.63, 3.8) is 0 Å². The van der Waals surface area contributed by atoms with Gasteiger partial charge in [-0.2, -0.15) is 5.26 Å². The molecular weight excluding hydrogens is 458 g/mol. The smallest absolute Gasteiger partial charge is 0.436 e. The number of nitrogens with one attached hydrogen (secondary N) is 3. The molecule has 2 aliphatic heterocycles. The van der Waals surface area contributed by atoms with Gasteiger partial charge in [0.15, 0.2) is 0 Å². The zero-order valence-corrected chi connectivity index (χ0v) is 22.4. The van der Waals surface area contributed by atoms with E-state index in [0.29, 0.717) is 44.4 Å². The lowest BCUT2D eigenvalue weighted by molar-refractivity contribution is -0.124. The third-order valence-electron chi connectivity index (χ3n) is 7.37. The molecule has 3 aliphatic rings. The van der Waals surface area contributed by atoms with Gasteiger partial charge in [-0.15, -0.1) is 4.99 Å². The van der Waals surface area contributed by atoms with Crippen LogP contribution in [0.15, 0.2) is 4.99 Å². The Morgan fingerprint density at radius 2 is 1.92 bits per heavy atom. The number of piperazine rings is 1. The van der Waals surface area contributed by atoms with Crippen molar-refractivity contribution >= 4 is 18.0 Å². The number of carbonyl (C=O) groups excluding carboxylic acids is 2. The lowest BCUT2D eigenvalue weighted by Crippen LogP contribution is -2.59. The van der Waals surface area contributed by atoms with E-state index in [9.17, 15) is 14.9 Å². The van der Waals surface area contributed by atoms with Gasteiger partial charge in [-0.3, -0.25) is 9.69 Å². The highest BCUT2D eigenvalue weighted by Gasteiger charge is 2.41. The Kier molecular flexibility index (Phi) is 10.8. The van der Waals surface area contributed by atoms with Crippen molar-refractivity contribution in [2.45, 2.75) is 77.3 Å². The first-order chi connectivity index (χ1) is 17.3. The number of carbonyl (C=O) groups is 2. The molecule has 2 atom stereocenters. The summed E-state index contributed by atoms with van der Waals surface area (Å²) in [7, 11) is 0. The summed E-state index contributed by atoms with van der Waals surface area (Å²) in [5.41, 5.74) is -0.893. The summed E-state index contributed by atoms with van der Waals surface area (Å²) in [5, 5.41) is 19.7. The van der Waals surface area contributed by atoms with Gasteiger partial charge in [-0.1, -0.05) is 33.1 Å². The summed E-state index contributed by atoms with van der Waals surface area (Å²) in [5.74, 6) is 1.05. The molecule has 3 fully saturated rings. The van der Waals surface area contributed by atoms with Gasteiger partial charge in [0.25, 0.3) is 0 Å². The molecule has 0 aromatic rings. The number of rotatable bonds is 8. The number of amides is 2. The molecule has 0 spiro atoms. The monoisotopic (exact) mass is 503 g/mol. The third-order valence-corrected chi connectivity index (χ3v) is 7.37. The maximum Gasteiger partial charge on any atom is 0.436 e. The highest BCUT2D eigenvalue weighted by molar-refractivity contribution is 5.94. The largest absolute Gasteiger partial charge is 0.448 e. The Morgan fingerprint density at radius 3 is 2.56 bits per heavy atom. The first-order valence-corrected chi connectivity index (χ1v) is 13.8. The Balaban J connectivity index is 1.69. The standard InChI is InChI=1S/C26H45N7O3/c1-4-36-25(35)30-24(33-14-11-28-12-15-33)29-22(16-20(2)3)23(34)31-26(18-27)10-13-32(19-26)17-21-8-6-5-7-9-21/h20-22,28H,4-17,19H2,1-3H3,(H,31,34)(H,29,30,35). The Hall–Kier alpha value is -2.38. The SMILES string of the molecule is CCOC(=O)/N=C(\NC(CC(C)C)C(=O)NC1(C#N)CCN(CC2CCCCC2)C1)N1CCNCC1. The number of aliphatic imine (C=N–C) groups is 1. The molecule has 0 aromatic carbocycles. The molecule has 0 radical (unpaired) electrons. The van der Waals surface area contributed by atoms with Crippen LogP contribution in [0.4, 0.5) is 4.79 Å². The predicted octanol–water partition coefficient (Wildman–Crippen LogP) is 2.07. The van der Waals surface area contributed by atoms with Crippen LogP contribution in [0, 0.1) is 23.2 Å². The molecule has 2 saturated heterocycles. The normalized spacial score (nSPS) is 24.9. The van der Waals surface area contributed by atoms with Gasteiger partial charge in [0.05, 0.1) is 12.7 Å². The van der Waals surface area contributed by atoms with E-state index < -0.39 is 17.7 Å². The van der Waals surface area contributed by atoms with Crippen LogP contribution in [0.2, 0.25) is 0 Å². The number of guanidine groups is 1. The van der Waals surface area contributed by atoms with Crippen LogP contribution in [0.3, 0.4) is 0 Å². The summed E-state index contributed by atoms with van der Waals surface area (Å²) in [6.07, 6.45) is 6.94. The predicted molar refractivity (Wildman–Crippen MR) is 139 cm³/mol. The van der Waals surface area contributed by atoms with Crippen molar-refractivity contribution < 1.29 is 14.3 Å². The molecule has 1 aliphatic carbocycles. The minimum Gasteiger partial charge on any atom is -0.448 e. The number of hydrogen-bond donors (Lipinski definition) is 3. The van der Waals surface area contributed by atoms with E-state index >= 15 is 0 Å². The maximum absolute atomic E-state index is 13.6. The van der Waals surface area contributed by atoms with Gasteiger partial charge in [0.2, 0.25) is 11.9 Å². The first-order valence-electron chi connectivity index (χ1n) is 13.8. The molecular formula is C26H45N7O3. The third kappa shape index (κ3) is 8.34. The fourth-order valence-electron chi connectivity index (χ4n) is 5.50. The Morgan fingerprint density at radius 1 is 1.19 bits per heavy atom. The van der Waals surface area contributed by atoms with Gasteiger partial charge in [0, 0.05) is 45.8 Å². The molecule has 3 rings (SSSR count). The van der Waals surface area contributed by atoms with E-state index in [4.69, 9.17) is 4.74 Å². The number of ether oxygens (including phenoxy) is 1. The molecule has 2 unspecified atom stereocenters. The van der Waals surface area contributed by atoms with E-state index in [2.05, 4.69) is 45.8 Å². The van der Waals surface area contributed by atoms with Gasteiger partial charge in [0.1, 0.15) is 11.6 Å². The summed E-state index contributed by atoms with van der Waals surface area (Å²) in [6, 6.07) is 1.81. The Bertz CT molecular complexity index is 800. The topological polar surface area (TPSA) is 122 Å². The first kappa shape index (κ1) is 28.2. The van der Waals surface area contributed by atoms with Crippen LogP contribution in [0.25, 0.3) is 0 Å². The zero-order valence-electron chi connectivity index (χ0n) is 22.4. The van der Waals surface area contributed by atoms with E-state index in [1.807, 2.05) is 4.90 Å². The second-order valence-electron chi connectivity index (χ2n) is 10.9. The number of nitriles is 1. The van der Waals surface area contributed by atoms with Crippen LogP contribution in [-0.2, 0) is 9.53 Å². The average molecular weight is 504 g/mol. The molecule has 10 heteroatoms. The molecule has 0 bridgehead atoms. The summed E-state index contributed by atoms with van der Waals surface area (Å²) >= 11 is 0. The highest BCUT2D eigenvalue weighted by Crippen LogP contribution is 2.28. The van der Waals surface area contributed by atoms with Crippen molar-refractivity contribution in [3.05, 3.63) is 0 Å². The van der Waals surface area contributed by atoms with Crippen LogP contribution in [-0.4, -0.2) is 91.8 Å². The van der Waals surface area contributed by atoms with Gasteiger partial charge < -0.3 is 25.6 Å². The molecule has 202 valence electrons. The lowest BCUT2D eigenvalue weighted by atomic mass is 9.89. The van der Waals surface area contributed by atoms with Gasteiger partial charge >= 0.3 is 6.09 Å². The minimum absolute atomic E-state index is 0.226. The van der Waals surface area contributed by atoms with Crippen molar-refractivity contribution in [2.75, 3.05) is 52.4 Å². The highest BCUT2D eigenvalue weighted by atomic mass is 16.5. The van der Waals surface area contributed by atoms with Crippen LogP contribution < -0.4 is 16.0 Å². The summed E-state index contributed by atoms with van der Waals surface area (Å²) in [4.78, 5) is 34.3. The lowest BCUT2D eigenvalue weighted by Gasteiger charge is -2.34. The molecule has 36 heavy (non-hydrogen) atoms. The maximum atomic E-state index is 13.6. The number of hydrogen-bond acceptors (Lipinski definition) is 6. The van der Waals surface area contributed by atoms with Crippen molar-refractivity contribution in [2.24, 2.45) is 16.8 Å². The molecule has 1 saturated carbocycles. The minimum atomic E-state index is -0.893. The quantitative estimate of drug-likeness (QED) is 0.340. The molecule has 10 nitrogen and oxygen atoms in total.